The molecule has 1 saturated carbocycles. The normalized spacial score (nSPS) is 17.5. The van der Waals surface area contributed by atoms with E-state index in [0.29, 0.717) is 12.1 Å². The second-order valence-electron chi connectivity index (χ2n) is 4.71. The fourth-order valence-electron chi connectivity index (χ4n) is 2.39. The van der Waals surface area contributed by atoms with Crippen LogP contribution in [0.5, 0.6) is 0 Å². The summed E-state index contributed by atoms with van der Waals surface area (Å²) in [7, 11) is 0. The predicted molar refractivity (Wildman–Crippen MR) is 67.9 cm³/mol. The standard InChI is InChI=1S/C13H18N4/c1-3-15-9(2)13-16-11-8-14-7-6-12(11)17(13)10-4-5-10/h6-10,15H,3-5H2,1-2H3. The molecule has 4 nitrogen and oxygen atoms in total. The molecular weight excluding hydrogens is 212 g/mol. The Morgan fingerprint density at radius 2 is 2.35 bits per heavy atom. The van der Waals surface area contributed by atoms with E-state index in [2.05, 4.69) is 34.8 Å². The van der Waals surface area contributed by atoms with Crippen LogP contribution >= 0.6 is 0 Å². The van der Waals surface area contributed by atoms with Crippen molar-refractivity contribution in [1.82, 2.24) is 19.9 Å². The van der Waals surface area contributed by atoms with Gasteiger partial charge < -0.3 is 9.88 Å². The summed E-state index contributed by atoms with van der Waals surface area (Å²) < 4.78 is 2.39. The van der Waals surface area contributed by atoms with Crippen molar-refractivity contribution in [2.45, 2.75) is 38.8 Å². The Bertz CT molecular complexity index is 527. The van der Waals surface area contributed by atoms with Gasteiger partial charge in [0.15, 0.2) is 0 Å². The van der Waals surface area contributed by atoms with Gasteiger partial charge in [-0.2, -0.15) is 0 Å². The minimum atomic E-state index is 0.299. The number of fused-ring (bicyclic) bond motifs is 1. The number of rotatable bonds is 4. The van der Waals surface area contributed by atoms with Gasteiger partial charge in [-0.1, -0.05) is 6.92 Å². The van der Waals surface area contributed by atoms with Crippen LogP contribution in [0.2, 0.25) is 0 Å². The molecule has 4 heteroatoms. The van der Waals surface area contributed by atoms with E-state index in [-0.39, 0.29) is 0 Å². The number of nitrogens with one attached hydrogen (secondary N) is 1. The first-order valence-corrected chi connectivity index (χ1v) is 6.36. The molecule has 0 radical (unpaired) electrons. The Labute approximate surface area is 101 Å². The van der Waals surface area contributed by atoms with Crippen molar-refractivity contribution in [3.63, 3.8) is 0 Å². The zero-order chi connectivity index (χ0) is 11.8. The van der Waals surface area contributed by atoms with Crippen molar-refractivity contribution >= 4 is 11.0 Å². The molecule has 0 aromatic carbocycles. The van der Waals surface area contributed by atoms with Gasteiger partial charge in [0.2, 0.25) is 0 Å². The average molecular weight is 230 g/mol. The van der Waals surface area contributed by atoms with Crippen LogP contribution in [0.25, 0.3) is 11.0 Å². The highest BCUT2D eigenvalue weighted by molar-refractivity contribution is 5.75. The Kier molecular flexibility index (Phi) is 2.59. The lowest BCUT2D eigenvalue weighted by Crippen LogP contribution is -2.21. The Morgan fingerprint density at radius 3 is 3.06 bits per heavy atom. The second kappa shape index (κ2) is 4.11. The van der Waals surface area contributed by atoms with E-state index >= 15 is 0 Å². The number of pyridine rings is 1. The van der Waals surface area contributed by atoms with E-state index in [1.54, 1.807) is 0 Å². The molecule has 0 saturated heterocycles. The fraction of sp³-hybridized carbons (Fsp3) is 0.538. The Balaban J connectivity index is 2.12. The van der Waals surface area contributed by atoms with E-state index in [4.69, 9.17) is 4.98 Å². The fourth-order valence-corrected chi connectivity index (χ4v) is 2.39. The first-order valence-electron chi connectivity index (χ1n) is 6.36. The van der Waals surface area contributed by atoms with Gasteiger partial charge in [0, 0.05) is 12.2 Å². The molecule has 90 valence electrons. The molecule has 3 rings (SSSR count). The molecule has 1 aliphatic rings. The highest BCUT2D eigenvalue weighted by Gasteiger charge is 2.29. The highest BCUT2D eigenvalue weighted by Crippen LogP contribution is 2.39. The van der Waals surface area contributed by atoms with Crippen molar-refractivity contribution in [3.05, 3.63) is 24.3 Å². The maximum Gasteiger partial charge on any atom is 0.127 e. The molecule has 1 fully saturated rings. The van der Waals surface area contributed by atoms with Gasteiger partial charge in [-0.25, -0.2) is 4.98 Å². The number of imidazole rings is 1. The van der Waals surface area contributed by atoms with Gasteiger partial charge in [-0.3, -0.25) is 4.98 Å². The lowest BCUT2D eigenvalue weighted by molar-refractivity contribution is 0.534. The van der Waals surface area contributed by atoms with Gasteiger partial charge >= 0.3 is 0 Å². The maximum atomic E-state index is 4.73. The van der Waals surface area contributed by atoms with Gasteiger partial charge in [0.05, 0.1) is 17.8 Å². The van der Waals surface area contributed by atoms with Crippen LogP contribution in [0.15, 0.2) is 18.5 Å². The molecule has 0 spiro atoms. The first kappa shape index (κ1) is 10.7. The number of hydrogen-bond donors (Lipinski definition) is 1. The number of hydrogen-bond acceptors (Lipinski definition) is 3. The van der Waals surface area contributed by atoms with Crippen LogP contribution in [0.3, 0.4) is 0 Å². The topological polar surface area (TPSA) is 42.7 Å². The van der Waals surface area contributed by atoms with Crippen LogP contribution in [0.1, 0.15) is 44.6 Å². The van der Waals surface area contributed by atoms with Crippen LogP contribution in [-0.4, -0.2) is 21.1 Å². The van der Waals surface area contributed by atoms with E-state index in [0.717, 1.165) is 17.9 Å². The molecule has 2 aromatic heterocycles. The highest BCUT2D eigenvalue weighted by atomic mass is 15.2. The van der Waals surface area contributed by atoms with Crippen molar-refractivity contribution in [3.8, 4) is 0 Å². The predicted octanol–water partition coefficient (Wildman–Crippen LogP) is 2.44. The summed E-state index contributed by atoms with van der Waals surface area (Å²) in [6.07, 6.45) is 6.26. The van der Waals surface area contributed by atoms with Crippen LogP contribution in [0.4, 0.5) is 0 Å². The van der Waals surface area contributed by atoms with Crippen molar-refractivity contribution < 1.29 is 0 Å². The van der Waals surface area contributed by atoms with Crippen molar-refractivity contribution in [2.24, 2.45) is 0 Å². The zero-order valence-corrected chi connectivity index (χ0v) is 10.3. The van der Waals surface area contributed by atoms with Crippen LogP contribution < -0.4 is 5.32 Å². The van der Waals surface area contributed by atoms with Crippen molar-refractivity contribution in [1.29, 1.82) is 0 Å². The van der Waals surface area contributed by atoms with Gasteiger partial charge in [0.25, 0.3) is 0 Å². The molecule has 0 aliphatic heterocycles. The van der Waals surface area contributed by atoms with Crippen molar-refractivity contribution in [2.75, 3.05) is 6.54 Å². The summed E-state index contributed by atoms with van der Waals surface area (Å²) in [6, 6.07) is 3.02. The summed E-state index contributed by atoms with van der Waals surface area (Å²) in [6.45, 7) is 5.27. The second-order valence-corrected chi connectivity index (χ2v) is 4.71. The SMILES string of the molecule is CCNC(C)c1nc2cnccc2n1C1CC1. The molecule has 0 amide bonds. The molecule has 1 unspecified atom stereocenters. The summed E-state index contributed by atoms with van der Waals surface area (Å²) >= 11 is 0. The Morgan fingerprint density at radius 1 is 1.53 bits per heavy atom. The summed E-state index contributed by atoms with van der Waals surface area (Å²) in [5, 5.41) is 3.44. The number of aromatic nitrogens is 3. The van der Waals surface area contributed by atoms with Gasteiger partial charge in [-0.15, -0.1) is 0 Å². The molecule has 1 aliphatic carbocycles. The zero-order valence-electron chi connectivity index (χ0n) is 10.3. The maximum absolute atomic E-state index is 4.73. The van der Waals surface area contributed by atoms with E-state index in [1.165, 1.54) is 18.4 Å². The minimum absolute atomic E-state index is 0.299. The van der Waals surface area contributed by atoms with E-state index in [1.807, 2.05) is 12.4 Å². The van der Waals surface area contributed by atoms with Crippen LogP contribution in [-0.2, 0) is 0 Å². The quantitative estimate of drug-likeness (QED) is 0.877. The van der Waals surface area contributed by atoms with E-state index < -0.39 is 0 Å². The van der Waals surface area contributed by atoms with E-state index in [9.17, 15) is 0 Å². The van der Waals surface area contributed by atoms with Gasteiger partial charge in [-0.05, 0) is 32.4 Å². The summed E-state index contributed by atoms with van der Waals surface area (Å²) in [4.78, 5) is 8.89. The molecule has 1 N–H and O–H groups in total. The molecule has 1 atom stereocenters. The lowest BCUT2D eigenvalue weighted by Gasteiger charge is -2.14. The first-order chi connectivity index (χ1) is 8.31. The average Bonchev–Trinajstić information content (AvgIpc) is 3.09. The third kappa shape index (κ3) is 1.82. The lowest BCUT2D eigenvalue weighted by atomic mass is 10.3. The summed E-state index contributed by atoms with van der Waals surface area (Å²) in [5.74, 6) is 1.15. The minimum Gasteiger partial charge on any atom is -0.323 e. The molecule has 17 heavy (non-hydrogen) atoms. The largest absolute Gasteiger partial charge is 0.323 e. The van der Waals surface area contributed by atoms with Crippen LogP contribution in [0, 0.1) is 0 Å². The third-order valence-electron chi connectivity index (χ3n) is 3.33. The molecule has 2 aromatic rings. The monoisotopic (exact) mass is 230 g/mol. The molecule has 0 bridgehead atoms. The smallest absolute Gasteiger partial charge is 0.127 e. The summed E-state index contributed by atoms with van der Waals surface area (Å²) in [5.41, 5.74) is 2.24. The Hall–Kier alpha value is -1.42. The molecular formula is C13H18N4. The number of nitrogens with zero attached hydrogens (tertiary/aromatic N) is 3. The van der Waals surface area contributed by atoms with Gasteiger partial charge in [0.1, 0.15) is 11.3 Å². The molecule has 2 heterocycles. The third-order valence-corrected chi connectivity index (χ3v) is 3.33.